The second-order valence-corrected chi connectivity index (χ2v) is 6.72. The molecule has 2 unspecified atom stereocenters. The van der Waals surface area contributed by atoms with Gasteiger partial charge in [-0.3, -0.25) is 4.79 Å². The van der Waals surface area contributed by atoms with Crippen LogP contribution in [0.3, 0.4) is 0 Å². The van der Waals surface area contributed by atoms with Crippen LogP contribution >= 0.6 is 23.2 Å². The number of amides is 1. The van der Waals surface area contributed by atoms with Crippen molar-refractivity contribution < 1.29 is 4.79 Å². The van der Waals surface area contributed by atoms with Crippen LogP contribution in [0.2, 0.25) is 10.0 Å². The molecule has 0 saturated carbocycles. The Morgan fingerprint density at radius 1 is 1.12 bits per heavy atom. The zero-order chi connectivity index (χ0) is 18.7. The lowest BCUT2D eigenvalue weighted by Crippen LogP contribution is -2.34. The van der Waals surface area contributed by atoms with E-state index in [-0.39, 0.29) is 11.9 Å². The summed E-state index contributed by atoms with van der Waals surface area (Å²) in [6.45, 7) is 3.56. The number of rotatable bonds is 5. The standard InChI is InChI=1S/C18H17Cl2N5O/c1-11(15-9-8-14(19)10-16(15)20)21-18(26)12(2)25-23-17(22-24-25)13-6-4-3-5-7-13/h3-12H,1-2H3,(H,21,26). The Morgan fingerprint density at radius 3 is 2.54 bits per heavy atom. The lowest BCUT2D eigenvalue weighted by molar-refractivity contribution is -0.125. The number of nitrogens with one attached hydrogen (secondary N) is 1. The highest BCUT2D eigenvalue weighted by molar-refractivity contribution is 6.35. The topological polar surface area (TPSA) is 72.7 Å². The maximum Gasteiger partial charge on any atom is 0.246 e. The first-order valence-corrected chi connectivity index (χ1v) is 8.81. The molecule has 1 N–H and O–H groups in total. The van der Waals surface area contributed by atoms with Gasteiger partial charge >= 0.3 is 0 Å². The number of carbonyl (C=O) groups excluding carboxylic acids is 1. The van der Waals surface area contributed by atoms with Crippen LogP contribution in [-0.4, -0.2) is 26.1 Å². The SMILES string of the molecule is CC(NC(=O)C(C)n1nnc(-c2ccccc2)n1)c1ccc(Cl)cc1Cl. The predicted molar refractivity (Wildman–Crippen MR) is 101 cm³/mol. The fourth-order valence-electron chi connectivity index (χ4n) is 2.46. The third-order valence-corrected chi connectivity index (χ3v) is 4.54. The zero-order valence-electron chi connectivity index (χ0n) is 14.2. The molecular formula is C18H17Cl2N5O. The van der Waals surface area contributed by atoms with Crippen molar-refractivity contribution in [3.8, 4) is 11.4 Å². The number of aromatic nitrogens is 4. The number of hydrogen-bond donors (Lipinski definition) is 1. The number of halogens is 2. The summed E-state index contributed by atoms with van der Waals surface area (Å²) < 4.78 is 0. The Labute approximate surface area is 161 Å². The molecule has 0 saturated heterocycles. The third kappa shape index (κ3) is 4.03. The molecule has 2 atom stereocenters. The van der Waals surface area contributed by atoms with Crippen LogP contribution in [0.5, 0.6) is 0 Å². The van der Waals surface area contributed by atoms with Crippen molar-refractivity contribution in [1.82, 2.24) is 25.5 Å². The van der Waals surface area contributed by atoms with Crippen molar-refractivity contribution in [2.75, 3.05) is 0 Å². The van der Waals surface area contributed by atoms with Crippen molar-refractivity contribution >= 4 is 29.1 Å². The number of tetrazole rings is 1. The third-order valence-electron chi connectivity index (χ3n) is 3.97. The average Bonchev–Trinajstić information content (AvgIpc) is 3.11. The van der Waals surface area contributed by atoms with Crippen molar-refractivity contribution in [3.63, 3.8) is 0 Å². The molecule has 0 aliphatic carbocycles. The molecule has 26 heavy (non-hydrogen) atoms. The van der Waals surface area contributed by atoms with Crippen molar-refractivity contribution in [1.29, 1.82) is 0 Å². The molecular weight excluding hydrogens is 373 g/mol. The molecule has 0 aliphatic heterocycles. The maximum atomic E-state index is 12.5. The molecule has 0 radical (unpaired) electrons. The summed E-state index contributed by atoms with van der Waals surface area (Å²) in [7, 11) is 0. The number of nitrogens with zero attached hydrogens (tertiary/aromatic N) is 4. The molecule has 0 spiro atoms. The summed E-state index contributed by atoms with van der Waals surface area (Å²) in [5, 5.41) is 16.3. The summed E-state index contributed by atoms with van der Waals surface area (Å²) in [6.07, 6.45) is 0. The first-order valence-electron chi connectivity index (χ1n) is 8.06. The molecule has 0 bridgehead atoms. The van der Waals surface area contributed by atoms with E-state index >= 15 is 0 Å². The largest absolute Gasteiger partial charge is 0.348 e. The minimum Gasteiger partial charge on any atom is -0.348 e. The minimum atomic E-state index is -0.617. The van der Waals surface area contributed by atoms with Crippen LogP contribution < -0.4 is 5.32 Å². The fraction of sp³-hybridized carbons (Fsp3) is 0.222. The molecule has 1 aromatic heterocycles. The molecule has 134 valence electrons. The Kier molecular flexibility index (Phi) is 5.54. The highest BCUT2D eigenvalue weighted by atomic mass is 35.5. The van der Waals surface area contributed by atoms with Gasteiger partial charge in [-0.25, -0.2) is 0 Å². The van der Waals surface area contributed by atoms with Gasteiger partial charge in [0.2, 0.25) is 11.7 Å². The van der Waals surface area contributed by atoms with E-state index in [0.717, 1.165) is 11.1 Å². The molecule has 6 nitrogen and oxygen atoms in total. The highest BCUT2D eigenvalue weighted by Gasteiger charge is 2.21. The second kappa shape index (κ2) is 7.85. The molecule has 1 amide bonds. The molecule has 3 aromatic rings. The Bertz CT molecular complexity index is 913. The molecule has 0 fully saturated rings. The van der Waals surface area contributed by atoms with Crippen LogP contribution in [0.15, 0.2) is 48.5 Å². The van der Waals surface area contributed by atoms with E-state index < -0.39 is 6.04 Å². The molecule has 0 aliphatic rings. The lowest BCUT2D eigenvalue weighted by atomic mass is 10.1. The van der Waals surface area contributed by atoms with Gasteiger partial charge in [-0.15, -0.1) is 10.2 Å². The maximum absolute atomic E-state index is 12.5. The van der Waals surface area contributed by atoms with Gasteiger partial charge in [0.05, 0.1) is 6.04 Å². The number of hydrogen-bond acceptors (Lipinski definition) is 4. The minimum absolute atomic E-state index is 0.236. The van der Waals surface area contributed by atoms with Gasteiger partial charge in [0, 0.05) is 15.6 Å². The van der Waals surface area contributed by atoms with Gasteiger partial charge in [-0.1, -0.05) is 59.6 Å². The van der Waals surface area contributed by atoms with Gasteiger partial charge in [0.25, 0.3) is 0 Å². The average molecular weight is 390 g/mol. The van der Waals surface area contributed by atoms with E-state index in [2.05, 4.69) is 20.7 Å². The van der Waals surface area contributed by atoms with Gasteiger partial charge in [-0.05, 0) is 36.8 Å². The van der Waals surface area contributed by atoms with Gasteiger partial charge < -0.3 is 5.32 Å². The monoisotopic (exact) mass is 389 g/mol. The van der Waals surface area contributed by atoms with Crippen LogP contribution in [-0.2, 0) is 4.79 Å². The number of benzene rings is 2. The Balaban J connectivity index is 1.71. The van der Waals surface area contributed by atoms with E-state index in [0.29, 0.717) is 15.9 Å². The van der Waals surface area contributed by atoms with Gasteiger partial charge in [0.1, 0.15) is 6.04 Å². The van der Waals surface area contributed by atoms with Crippen molar-refractivity contribution in [2.45, 2.75) is 25.9 Å². The summed E-state index contributed by atoms with van der Waals surface area (Å²) in [5.74, 6) is 0.236. The van der Waals surface area contributed by atoms with E-state index in [1.165, 1.54) is 4.80 Å². The predicted octanol–water partition coefficient (Wildman–Crippen LogP) is 4.09. The van der Waals surface area contributed by atoms with Crippen molar-refractivity contribution in [2.24, 2.45) is 0 Å². The molecule has 8 heteroatoms. The van der Waals surface area contributed by atoms with Crippen LogP contribution in [0.1, 0.15) is 31.5 Å². The van der Waals surface area contributed by atoms with Gasteiger partial charge in [-0.2, -0.15) is 4.80 Å². The van der Waals surface area contributed by atoms with E-state index in [4.69, 9.17) is 23.2 Å². The highest BCUT2D eigenvalue weighted by Crippen LogP contribution is 2.26. The summed E-state index contributed by atoms with van der Waals surface area (Å²) in [6, 6.07) is 13.7. The first-order chi connectivity index (χ1) is 12.5. The lowest BCUT2D eigenvalue weighted by Gasteiger charge is -2.18. The smallest absolute Gasteiger partial charge is 0.246 e. The summed E-state index contributed by atoms with van der Waals surface area (Å²) in [5.41, 5.74) is 1.63. The van der Waals surface area contributed by atoms with Crippen LogP contribution in [0.25, 0.3) is 11.4 Å². The van der Waals surface area contributed by atoms with Gasteiger partial charge in [0.15, 0.2) is 0 Å². The quantitative estimate of drug-likeness (QED) is 0.713. The molecule has 1 heterocycles. The Morgan fingerprint density at radius 2 is 1.85 bits per heavy atom. The second-order valence-electron chi connectivity index (χ2n) is 5.87. The number of carbonyl (C=O) groups is 1. The van der Waals surface area contributed by atoms with Crippen molar-refractivity contribution in [3.05, 3.63) is 64.1 Å². The zero-order valence-corrected chi connectivity index (χ0v) is 15.7. The molecule has 2 aromatic carbocycles. The first kappa shape index (κ1) is 18.4. The normalized spacial score (nSPS) is 13.2. The Hall–Kier alpha value is -2.44. The fourth-order valence-corrected chi connectivity index (χ4v) is 3.03. The van der Waals surface area contributed by atoms with E-state index in [1.807, 2.05) is 37.3 Å². The van der Waals surface area contributed by atoms with Crippen LogP contribution in [0, 0.1) is 0 Å². The van der Waals surface area contributed by atoms with E-state index in [1.54, 1.807) is 25.1 Å². The summed E-state index contributed by atoms with van der Waals surface area (Å²) >= 11 is 12.1. The molecule has 3 rings (SSSR count). The van der Waals surface area contributed by atoms with E-state index in [9.17, 15) is 4.79 Å². The summed E-state index contributed by atoms with van der Waals surface area (Å²) in [4.78, 5) is 13.8. The van der Waals surface area contributed by atoms with Crippen LogP contribution in [0.4, 0.5) is 0 Å².